The Balaban J connectivity index is 1.72. The van der Waals surface area contributed by atoms with E-state index in [-0.39, 0.29) is 24.6 Å². The molecule has 2 amide bonds. The highest BCUT2D eigenvalue weighted by Crippen LogP contribution is 2.36. The Hall–Kier alpha value is -2.25. The summed E-state index contributed by atoms with van der Waals surface area (Å²) in [6.45, 7) is 0.131. The normalized spacial score (nSPS) is 17.3. The van der Waals surface area contributed by atoms with Crippen LogP contribution in [0, 0.1) is 5.92 Å². The van der Waals surface area contributed by atoms with E-state index < -0.39 is 28.6 Å². The van der Waals surface area contributed by atoms with Crippen LogP contribution in [0.15, 0.2) is 42.5 Å². The zero-order chi connectivity index (χ0) is 19.8. The number of halogens is 5. The molecule has 27 heavy (non-hydrogen) atoms. The summed E-state index contributed by atoms with van der Waals surface area (Å²) in [6, 6.07) is 9.70. The average Bonchev–Trinajstić information content (AvgIpc) is 2.98. The fourth-order valence-corrected chi connectivity index (χ4v) is 3.17. The number of anilines is 2. The van der Waals surface area contributed by atoms with Crippen LogP contribution in [-0.4, -0.2) is 18.4 Å². The number of hydrogen-bond acceptors (Lipinski definition) is 2. The summed E-state index contributed by atoms with van der Waals surface area (Å²) in [4.78, 5) is 26.1. The Kier molecular flexibility index (Phi) is 5.35. The molecule has 0 saturated carbocycles. The molecule has 4 nitrogen and oxygen atoms in total. The fourth-order valence-electron chi connectivity index (χ4n) is 2.82. The van der Waals surface area contributed by atoms with E-state index in [9.17, 15) is 22.8 Å². The van der Waals surface area contributed by atoms with Crippen molar-refractivity contribution in [3.05, 3.63) is 58.1 Å². The average molecular weight is 417 g/mol. The smallest absolute Gasteiger partial charge is 0.326 e. The number of carbonyl (C=O) groups excluding carboxylic acids is 2. The molecule has 142 valence electrons. The molecule has 2 aromatic rings. The van der Waals surface area contributed by atoms with Gasteiger partial charge in [0.25, 0.3) is 0 Å². The summed E-state index contributed by atoms with van der Waals surface area (Å²) in [7, 11) is 0. The van der Waals surface area contributed by atoms with Gasteiger partial charge in [0.05, 0.1) is 16.5 Å². The summed E-state index contributed by atoms with van der Waals surface area (Å²) >= 11 is 11.4. The van der Waals surface area contributed by atoms with Gasteiger partial charge in [-0.05, 0) is 42.5 Å². The van der Waals surface area contributed by atoms with E-state index >= 15 is 0 Å². The second-order valence-electron chi connectivity index (χ2n) is 6.06. The largest absolute Gasteiger partial charge is 0.417 e. The summed E-state index contributed by atoms with van der Waals surface area (Å²) in [5, 5.41) is 2.49. The molecular weight excluding hydrogens is 404 g/mol. The molecule has 3 rings (SSSR count). The third kappa shape index (κ3) is 4.36. The van der Waals surface area contributed by atoms with Gasteiger partial charge in [-0.15, -0.1) is 0 Å². The van der Waals surface area contributed by atoms with E-state index in [1.807, 2.05) is 0 Å². The quantitative estimate of drug-likeness (QED) is 0.764. The van der Waals surface area contributed by atoms with Crippen LogP contribution in [0.3, 0.4) is 0 Å². The number of benzene rings is 2. The standard InChI is InChI=1S/C18H13Cl2F3N2O2/c19-11-1-4-13(5-2-11)25-9-10(7-16(25)26)17(27)24-12-3-6-15(20)14(8-12)18(21,22)23/h1-6,8,10H,7,9H2,(H,24,27)/t10-/m0/s1. The molecule has 1 N–H and O–H groups in total. The number of carbonyl (C=O) groups is 2. The van der Waals surface area contributed by atoms with Gasteiger partial charge in [-0.25, -0.2) is 0 Å². The lowest BCUT2D eigenvalue weighted by Gasteiger charge is -2.17. The second-order valence-corrected chi connectivity index (χ2v) is 6.91. The lowest BCUT2D eigenvalue weighted by atomic mass is 10.1. The molecule has 2 aromatic carbocycles. The van der Waals surface area contributed by atoms with Crippen LogP contribution in [0.2, 0.25) is 10.0 Å². The van der Waals surface area contributed by atoms with Crippen LogP contribution in [0.5, 0.6) is 0 Å². The molecule has 1 aliphatic heterocycles. The third-order valence-corrected chi connectivity index (χ3v) is 4.75. The number of alkyl halides is 3. The molecular formula is C18H13Cl2F3N2O2. The van der Waals surface area contributed by atoms with Crippen LogP contribution in [0.4, 0.5) is 24.5 Å². The first-order chi connectivity index (χ1) is 12.6. The summed E-state index contributed by atoms with van der Waals surface area (Å²) < 4.78 is 38.8. The minimum Gasteiger partial charge on any atom is -0.326 e. The van der Waals surface area contributed by atoms with Crippen molar-refractivity contribution in [1.82, 2.24) is 0 Å². The van der Waals surface area contributed by atoms with Gasteiger partial charge in [0.15, 0.2) is 0 Å². The van der Waals surface area contributed by atoms with Crippen LogP contribution >= 0.6 is 23.2 Å². The molecule has 0 radical (unpaired) electrons. The Morgan fingerprint density at radius 1 is 1.11 bits per heavy atom. The molecule has 1 atom stereocenters. The zero-order valence-corrected chi connectivity index (χ0v) is 15.2. The molecule has 1 fully saturated rings. The Labute approximate surface area is 162 Å². The maximum atomic E-state index is 12.9. The monoisotopic (exact) mass is 416 g/mol. The van der Waals surface area contributed by atoms with Gasteiger partial charge in [-0.2, -0.15) is 13.2 Å². The lowest BCUT2D eigenvalue weighted by molar-refractivity contribution is -0.137. The van der Waals surface area contributed by atoms with E-state index in [1.54, 1.807) is 24.3 Å². The van der Waals surface area contributed by atoms with Crippen LogP contribution in [0.25, 0.3) is 0 Å². The SMILES string of the molecule is O=C(Nc1ccc(Cl)c(C(F)(F)F)c1)[C@H]1CC(=O)N(c2ccc(Cl)cc2)C1. The van der Waals surface area contributed by atoms with Crippen molar-refractivity contribution >= 4 is 46.4 Å². The van der Waals surface area contributed by atoms with Gasteiger partial charge in [0.2, 0.25) is 11.8 Å². The van der Waals surface area contributed by atoms with Gasteiger partial charge in [0, 0.05) is 29.4 Å². The Bertz CT molecular complexity index is 885. The molecule has 1 saturated heterocycles. The number of nitrogens with zero attached hydrogens (tertiary/aromatic N) is 1. The van der Waals surface area contributed by atoms with Crippen molar-refractivity contribution in [2.75, 3.05) is 16.8 Å². The van der Waals surface area contributed by atoms with E-state index in [4.69, 9.17) is 23.2 Å². The van der Waals surface area contributed by atoms with Crippen molar-refractivity contribution in [3.63, 3.8) is 0 Å². The minimum absolute atomic E-state index is 0.0332. The van der Waals surface area contributed by atoms with Crippen molar-refractivity contribution in [2.45, 2.75) is 12.6 Å². The Morgan fingerprint density at radius 3 is 2.41 bits per heavy atom. The molecule has 0 aliphatic carbocycles. The molecule has 0 spiro atoms. The van der Waals surface area contributed by atoms with Crippen molar-refractivity contribution in [1.29, 1.82) is 0 Å². The van der Waals surface area contributed by atoms with Gasteiger partial charge in [-0.3, -0.25) is 9.59 Å². The minimum atomic E-state index is -4.63. The number of amides is 2. The maximum Gasteiger partial charge on any atom is 0.417 e. The van der Waals surface area contributed by atoms with Crippen molar-refractivity contribution < 1.29 is 22.8 Å². The summed E-state index contributed by atoms with van der Waals surface area (Å²) in [5.41, 5.74) is -0.466. The maximum absolute atomic E-state index is 12.9. The molecule has 1 aliphatic rings. The van der Waals surface area contributed by atoms with E-state index in [0.29, 0.717) is 10.7 Å². The highest BCUT2D eigenvalue weighted by molar-refractivity contribution is 6.31. The lowest BCUT2D eigenvalue weighted by Crippen LogP contribution is -2.28. The first-order valence-electron chi connectivity index (χ1n) is 7.88. The molecule has 9 heteroatoms. The van der Waals surface area contributed by atoms with Crippen molar-refractivity contribution in [3.8, 4) is 0 Å². The van der Waals surface area contributed by atoms with E-state index in [0.717, 1.165) is 12.1 Å². The van der Waals surface area contributed by atoms with Gasteiger partial charge < -0.3 is 10.2 Å². The highest BCUT2D eigenvalue weighted by atomic mass is 35.5. The predicted octanol–water partition coefficient (Wildman–Crippen LogP) is 5.00. The fraction of sp³-hybridized carbons (Fsp3) is 0.222. The topological polar surface area (TPSA) is 49.4 Å². The Morgan fingerprint density at radius 2 is 1.78 bits per heavy atom. The molecule has 0 bridgehead atoms. The highest BCUT2D eigenvalue weighted by Gasteiger charge is 2.36. The predicted molar refractivity (Wildman–Crippen MR) is 97.0 cm³/mol. The molecule has 0 aromatic heterocycles. The van der Waals surface area contributed by atoms with Gasteiger partial charge in [0.1, 0.15) is 0 Å². The van der Waals surface area contributed by atoms with Crippen LogP contribution < -0.4 is 10.2 Å². The first-order valence-corrected chi connectivity index (χ1v) is 8.64. The van der Waals surface area contributed by atoms with Crippen LogP contribution in [0.1, 0.15) is 12.0 Å². The number of hydrogen-bond donors (Lipinski definition) is 1. The number of nitrogens with one attached hydrogen (secondary N) is 1. The van der Waals surface area contributed by atoms with Crippen LogP contribution in [-0.2, 0) is 15.8 Å². The summed E-state index contributed by atoms with van der Waals surface area (Å²) in [6.07, 6.45) is -4.67. The zero-order valence-electron chi connectivity index (χ0n) is 13.7. The van der Waals surface area contributed by atoms with E-state index in [2.05, 4.69) is 5.32 Å². The first kappa shape index (κ1) is 19.5. The number of rotatable bonds is 3. The van der Waals surface area contributed by atoms with Gasteiger partial charge in [-0.1, -0.05) is 23.2 Å². The summed E-state index contributed by atoms with van der Waals surface area (Å²) in [5.74, 6) is -1.46. The van der Waals surface area contributed by atoms with Gasteiger partial charge >= 0.3 is 6.18 Å². The molecule has 0 unspecified atom stereocenters. The van der Waals surface area contributed by atoms with Crippen molar-refractivity contribution in [2.24, 2.45) is 5.92 Å². The third-order valence-electron chi connectivity index (χ3n) is 4.17. The second kappa shape index (κ2) is 7.40. The molecule has 1 heterocycles. The van der Waals surface area contributed by atoms with E-state index in [1.165, 1.54) is 11.0 Å².